The Morgan fingerprint density at radius 3 is 2.18 bits per heavy atom. The second-order valence-corrected chi connectivity index (χ2v) is 10.7. The summed E-state index contributed by atoms with van der Waals surface area (Å²) in [7, 11) is 1.70. The second-order valence-electron chi connectivity index (χ2n) is 10.7. The van der Waals surface area contributed by atoms with E-state index in [0.29, 0.717) is 39.9 Å². The molecule has 1 heterocycles. The molecule has 7 heteroatoms. The van der Waals surface area contributed by atoms with Gasteiger partial charge in [-0.3, -0.25) is 14.4 Å². The maximum Gasteiger partial charge on any atom is 0.294 e. The molecule has 2 amide bonds. The number of benzene rings is 1. The molecule has 0 radical (unpaired) electrons. The van der Waals surface area contributed by atoms with Crippen molar-refractivity contribution < 1.29 is 18.8 Å². The van der Waals surface area contributed by atoms with Gasteiger partial charge in [0, 0.05) is 24.5 Å². The van der Waals surface area contributed by atoms with Crippen molar-refractivity contribution in [3.05, 3.63) is 52.1 Å². The van der Waals surface area contributed by atoms with Crippen LogP contribution >= 0.6 is 0 Å². The number of aromatic nitrogens is 1. The van der Waals surface area contributed by atoms with E-state index in [1.54, 1.807) is 38.5 Å². The molecule has 2 aromatic rings. The third-order valence-electron chi connectivity index (χ3n) is 8.52. The van der Waals surface area contributed by atoms with Crippen molar-refractivity contribution in [2.45, 2.75) is 58.9 Å². The number of hydrogen-bond donors (Lipinski definition) is 2. The van der Waals surface area contributed by atoms with Crippen LogP contribution in [0, 0.1) is 50.3 Å². The lowest BCUT2D eigenvalue weighted by Gasteiger charge is -2.54. The highest BCUT2D eigenvalue weighted by atomic mass is 19.1. The van der Waals surface area contributed by atoms with Crippen LogP contribution in [0.25, 0.3) is 0 Å². The van der Waals surface area contributed by atoms with Gasteiger partial charge in [0.15, 0.2) is 0 Å². The Kier molecular flexibility index (Phi) is 5.61. The van der Waals surface area contributed by atoms with E-state index in [4.69, 9.17) is 0 Å². The van der Waals surface area contributed by atoms with Gasteiger partial charge in [0.25, 0.3) is 17.6 Å². The number of amides is 2. The molecule has 4 saturated carbocycles. The summed E-state index contributed by atoms with van der Waals surface area (Å²) in [5, 5.41) is 5.87. The minimum absolute atomic E-state index is 0.0791. The van der Waals surface area contributed by atoms with Crippen molar-refractivity contribution in [1.82, 2.24) is 9.88 Å². The largest absolute Gasteiger partial charge is 0.346 e. The molecule has 4 bridgehead atoms. The quantitative estimate of drug-likeness (QED) is 0.505. The van der Waals surface area contributed by atoms with E-state index in [1.165, 1.54) is 18.6 Å². The van der Waals surface area contributed by atoms with Crippen LogP contribution in [0.5, 0.6) is 0 Å². The number of nitrogens with one attached hydrogen (secondary N) is 2. The summed E-state index contributed by atoms with van der Waals surface area (Å²) >= 11 is 0. The van der Waals surface area contributed by atoms with E-state index in [2.05, 4.69) is 10.6 Å². The minimum atomic E-state index is -0.603. The molecular weight excluding hydrogens is 433 g/mol. The Morgan fingerprint density at radius 2 is 1.59 bits per heavy atom. The Hall–Kier alpha value is -2.96. The third kappa shape index (κ3) is 3.75. The van der Waals surface area contributed by atoms with Crippen LogP contribution in [0.4, 0.5) is 10.1 Å². The zero-order chi connectivity index (χ0) is 24.3. The smallest absolute Gasteiger partial charge is 0.294 e. The van der Waals surface area contributed by atoms with Crippen molar-refractivity contribution in [1.29, 1.82) is 0 Å². The highest BCUT2D eigenvalue weighted by Gasteiger charge is 2.49. The average molecular weight is 466 g/mol. The topological polar surface area (TPSA) is 80.2 Å². The lowest BCUT2D eigenvalue weighted by atomic mass is 9.54. The molecule has 0 aliphatic heterocycles. The van der Waals surface area contributed by atoms with Gasteiger partial charge in [-0.25, -0.2) is 4.39 Å². The Morgan fingerprint density at radius 1 is 0.971 bits per heavy atom. The molecule has 0 unspecified atom stereocenters. The number of anilines is 1. The Labute approximate surface area is 199 Å². The zero-order valence-corrected chi connectivity index (χ0v) is 20.2. The number of aryl methyl sites for hydroxylation is 1. The number of carbonyl (C=O) groups is 3. The summed E-state index contributed by atoms with van der Waals surface area (Å²) < 4.78 is 15.2. The predicted octanol–water partition coefficient (Wildman–Crippen LogP) is 4.47. The first-order valence-electron chi connectivity index (χ1n) is 12.2. The first-order chi connectivity index (χ1) is 16.1. The van der Waals surface area contributed by atoms with E-state index in [9.17, 15) is 18.8 Å². The normalized spacial score (nSPS) is 27.0. The number of carbonyl (C=O) groups excluding carboxylic acids is 3. The molecule has 4 aliphatic rings. The van der Waals surface area contributed by atoms with Gasteiger partial charge >= 0.3 is 0 Å². The average Bonchev–Trinajstić information content (AvgIpc) is 3.00. The standard InChI is InChI=1S/C27H32FN3O3/c1-13-7-20(5-6-21(13)28)29-26(33)22-14(2)24(31(4)15(22)3)25(32)27(34)30-23-18-9-16-8-17(11-18)12-19(23)10-16/h5-7,16-19,23H,8-12H2,1-4H3,(H,29,33)(H,30,34). The van der Waals surface area contributed by atoms with Crippen LogP contribution in [-0.2, 0) is 11.8 Å². The molecule has 4 aliphatic carbocycles. The fraction of sp³-hybridized carbons (Fsp3) is 0.519. The molecule has 0 spiro atoms. The molecule has 4 fully saturated rings. The lowest BCUT2D eigenvalue weighted by molar-refractivity contribution is -0.120. The third-order valence-corrected chi connectivity index (χ3v) is 8.52. The van der Waals surface area contributed by atoms with Crippen LogP contribution in [0.1, 0.15) is 69.8 Å². The number of nitrogens with zero attached hydrogens (tertiary/aromatic N) is 1. The predicted molar refractivity (Wildman–Crippen MR) is 127 cm³/mol. The molecule has 180 valence electrons. The van der Waals surface area contributed by atoms with Crippen LogP contribution in [0.3, 0.4) is 0 Å². The maximum absolute atomic E-state index is 13.6. The molecule has 2 N–H and O–H groups in total. The van der Waals surface area contributed by atoms with Gasteiger partial charge in [-0.2, -0.15) is 0 Å². The van der Waals surface area contributed by atoms with Crippen LogP contribution in [0.2, 0.25) is 0 Å². The van der Waals surface area contributed by atoms with Crippen molar-refractivity contribution in [3.8, 4) is 0 Å². The number of ketones is 1. The monoisotopic (exact) mass is 465 g/mol. The number of Topliss-reactive ketones (excluding diaryl/α,β-unsaturated/α-hetero) is 1. The minimum Gasteiger partial charge on any atom is -0.346 e. The second kappa shape index (κ2) is 8.36. The maximum atomic E-state index is 13.6. The van der Waals surface area contributed by atoms with Crippen LogP contribution < -0.4 is 10.6 Å². The van der Waals surface area contributed by atoms with Gasteiger partial charge in [0.2, 0.25) is 0 Å². The molecule has 1 aromatic carbocycles. The number of hydrogen-bond acceptors (Lipinski definition) is 3. The van der Waals surface area contributed by atoms with Gasteiger partial charge in [0.1, 0.15) is 5.82 Å². The van der Waals surface area contributed by atoms with Gasteiger partial charge < -0.3 is 15.2 Å². The van der Waals surface area contributed by atoms with E-state index in [0.717, 1.165) is 37.5 Å². The zero-order valence-electron chi connectivity index (χ0n) is 20.2. The summed E-state index contributed by atoms with van der Waals surface area (Å²) in [6, 6.07) is 4.44. The fourth-order valence-electron chi connectivity index (χ4n) is 7.04. The van der Waals surface area contributed by atoms with Gasteiger partial charge in [-0.15, -0.1) is 0 Å². The summed E-state index contributed by atoms with van der Waals surface area (Å²) in [5.74, 6) is 0.607. The Bertz CT molecular complexity index is 1170. The highest BCUT2D eigenvalue weighted by Crippen LogP contribution is 2.53. The number of rotatable bonds is 5. The van der Waals surface area contributed by atoms with E-state index in [-0.39, 0.29) is 17.6 Å². The lowest BCUT2D eigenvalue weighted by Crippen LogP contribution is -2.56. The molecule has 0 atom stereocenters. The molecule has 6 nitrogen and oxygen atoms in total. The van der Waals surface area contributed by atoms with Crippen molar-refractivity contribution in [2.75, 3.05) is 5.32 Å². The number of halogens is 1. The molecule has 6 rings (SSSR count). The van der Waals surface area contributed by atoms with E-state index >= 15 is 0 Å². The molecule has 1 aromatic heterocycles. The van der Waals surface area contributed by atoms with Crippen LogP contribution in [-0.4, -0.2) is 28.2 Å². The summed E-state index contributed by atoms with van der Waals surface area (Å²) in [6.45, 7) is 5.08. The van der Waals surface area contributed by atoms with Gasteiger partial charge in [-0.1, -0.05) is 0 Å². The van der Waals surface area contributed by atoms with E-state index in [1.807, 2.05) is 0 Å². The first kappa shape index (κ1) is 22.8. The molecular formula is C27H32FN3O3. The van der Waals surface area contributed by atoms with Crippen molar-refractivity contribution >= 4 is 23.3 Å². The Balaban J connectivity index is 1.35. The summed E-state index contributed by atoms with van der Waals surface area (Å²) in [4.78, 5) is 39.4. The van der Waals surface area contributed by atoms with Gasteiger partial charge in [0.05, 0.1) is 11.3 Å². The first-order valence-corrected chi connectivity index (χ1v) is 12.2. The summed E-state index contributed by atoms with van der Waals surface area (Å²) in [6.07, 6.45) is 5.95. The van der Waals surface area contributed by atoms with Crippen LogP contribution in [0.15, 0.2) is 18.2 Å². The SMILES string of the molecule is Cc1cc(NC(=O)c2c(C)c(C(=O)C(=O)NC3C4CC5CC(C4)CC3C5)n(C)c2C)ccc1F. The van der Waals surface area contributed by atoms with Crippen molar-refractivity contribution in [2.24, 2.45) is 30.7 Å². The fourth-order valence-corrected chi connectivity index (χ4v) is 7.04. The molecule has 0 saturated heterocycles. The van der Waals surface area contributed by atoms with E-state index < -0.39 is 17.6 Å². The van der Waals surface area contributed by atoms with Gasteiger partial charge in [-0.05, 0) is 106 Å². The molecule has 34 heavy (non-hydrogen) atoms. The summed E-state index contributed by atoms with van der Waals surface area (Å²) in [5.41, 5.74) is 2.56. The van der Waals surface area contributed by atoms with Crippen molar-refractivity contribution in [3.63, 3.8) is 0 Å². The highest BCUT2D eigenvalue weighted by molar-refractivity contribution is 6.43.